The van der Waals surface area contributed by atoms with Crippen molar-refractivity contribution < 1.29 is 9.53 Å². The van der Waals surface area contributed by atoms with E-state index in [1.807, 2.05) is 7.11 Å². The summed E-state index contributed by atoms with van der Waals surface area (Å²) in [5.74, 6) is 1.14. The molecule has 0 radical (unpaired) electrons. The van der Waals surface area contributed by atoms with Gasteiger partial charge in [-0.1, -0.05) is 19.3 Å². The van der Waals surface area contributed by atoms with Gasteiger partial charge in [0.15, 0.2) is 0 Å². The molecule has 2 aliphatic rings. The summed E-state index contributed by atoms with van der Waals surface area (Å²) in [7, 11) is 1.84. The zero-order valence-corrected chi connectivity index (χ0v) is 9.76. The molecule has 2 nitrogen and oxygen atoms in total. The molecule has 0 aliphatic heterocycles. The Hall–Kier alpha value is -0.370. The largest absolute Gasteiger partial charge is 0.378 e. The maximum absolute atomic E-state index is 11.3. The van der Waals surface area contributed by atoms with Crippen LogP contribution in [-0.4, -0.2) is 18.5 Å². The Balaban J connectivity index is 2.03. The highest BCUT2D eigenvalue weighted by Crippen LogP contribution is 2.42. The Labute approximate surface area is 92.4 Å². The second-order valence-electron chi connectivity index (χ2n) is 5.14. The van der Waals surface area contributed by atoms with Gasteiger partial charge in [-0.15, -0.1) is 0 Å². The van der Waals surface area contributed by atoms with E-state index in [9.17, 15) is 4.79 Å². The predicted octanol–water partition coefficient (Wildman–Crippen LogP) is 3.10. The fourth-order valence-electron chi connectivity index (χ4n) is 3.36. The molecular formula is C13H22O2. The van der Waals surface area contributed by atoms with Crippen molar-refractivity contribution in [2.24, 2.45) is 5.92 Å². The Morgan fingerprint density at radius 2 is 1.73 bits per heavy atom. The van der Waals surface area contributed by atoms with Crippen molar-refractivity contribution >= 4 is 5.78 Å². The number of ether oxygens (including phenoxy) is 1. The van der Waals surface area contributed by atoms with Crippen LogP contribution >= 0.6 is 0 Å². The van der Waals surface area contributed by atoms with Crippen LogP contribution in [0.1, 0.15) is 57.8 Å². The summed E-state index contributed by atoms with van der Waals surface area (Å²) in [6.45, 7) is 0. The van der Waals surface area contributed by atoms with E-state index in [1.165, 1.54) is 32.1 Å². The maximum Gasteiger partial charge on any atom is 0.133 e. The van der Waals surface area contributed by atoms with E-state index in [4.69, 9.17) is 4.74 Å². The van der Waals surface area contributed by atoms with Crippen LogP contribution in [0.4, 0.5) is 0 Å². The van der Waals surface area contributed by atoms with E-state index in [0.717, 1.165) is 25.7 Å². The molecule has 2 rings (SSSR count). The van der Waals surface area contributed by atoms with Crippen molar-refractivity contribution in [3.8, 4) is 0 Å². The fraction of sp³-hybridized carbons (Fsp3) is 0.923. The first-order valence-corrected chi connectivity index (χ1v) is 6.34. The highest BCUT2D eigenvalue weighted by atomic mass is 16.5. The first-order chi connectivity index (χ1) is 7.27. The first-order valence-electron chi connectivity index (χ1n) is 6.34. The molecule has 0 aromatic carbocycles. The highest BCUT2D eigenvalue weighted by Gasteiger charge is 2.41. The number of carbonyl (C=O) groups excluding carboxylic acids is 1. The molecule has 0 N–H and O–H groups in total. The van der Waals surface area contributed by atoms with E-state index >= 15 is 0 Å². The molecule has 0 aromatic rings. The molecule has 0 heterocycles. The monoisotopic (exact) mass is 210 g/mol. The van der Waals surface area contributed by atoms with Gasteiger partial charge in [0.2, 0.25) is 0 Å². The van der Waals surface area contributed by atoms with Crippen molar-refractivity contribution in [3.05, 3.63) is 0 Å². The van der Waals surface area contributed by atoms with E-state index in [1.54, 1.807) is 0 Å². The summed E-state index contributed by atoms with van der Waals surface area (Å²) < 4.78 is 5.81. The highest BCUT2D eigenvalue weighted by molar-refractivity contribution is 5.79. The predicted molar refractivity (Wildman–Crippen MR) is 59.8 cm³/mol. The van der Waals surface area contributed by atoms with Crippen molar-refractivity contribution in [2.45, 2.75) is 63.4 Å². The van der Waals surface area contributed by atoms with Crippen LogP contribution in [-0.2, 0) is 9.53 Å². The van der Waals surface area contributed by atoms with Crippen LogP contribution in [0.25, 0.3) is 0 Å². The molecule has 0 bridgehead atoms. The normalized spacial score (nSPS) is 27.9. The van der Waals surface area contributed by atoms with Crippen LogP contribution in [0.3, 0.4) is 0 Å². The second-order valence-corrected chi connectivity index (χ2v) is 5.14. The van der Waals surface area contributed by atoms with Crippen molar-refractivity contribution in [3.63, 3.8) is 0 Å². The number of Topliss-reactive ketones (excluding diaryl/α,β-unsaturated/α-hetero) is 1. The van der Waals surface area contributed by atoms with Crippen LogP contribution in [0.2, 0.25) is 0 Å². The van der Waals surface area contributed by atoms with Gasteiger partial charge < -0.3 is 4.74 Å². The van der Waals surface area contributed by atoms with Gasteiger partial charge in [0, 0.05) is 20.0 Å². The molecule has 2 aliphatic carbocycles. The fourth-order valence-corrected chi connectivity index (χ4v) is 3.36. The number of hydrogen-bond donors (Lipinski definition) is 0. The minimum atomic E-state index is 0.0499. The molecular weight excluding hydrogens is 188 g/mol. The third kappa shape index (κ3) is 2.25. The lowest BCUT2D eigenvalue weighted by Crippen LogP contribution is -2.44. The Morgan fingerprint density at radius 1 is 1.13 bits per heavy atom. The molecule has 0 amide bonds. The topological polar surface area (TPSA) is 26.3 Å². The lowest BCUT2D eigenvalue weighted by atomic mass is 9.69. The van der Waals surface area contributed by atoms with Crippen molar-refractivity contribution in [2.75, 3.05) is 7.11 Å². The molecule has 86 valence electrons. The SMILES string of the molecule is COC1(C2CCCCC2)CCC(=O)CC1. The maximum atomic E-state index is 11.3. The first kappa shape index (κ1) is 11.1. The summed E-state index contributed by atoms with van der Waals surface area (Å²) in [5.41, 5.74) is 0.0499. The Morgan fingerprint density at radius 3 is 2.27 bits per heavy atom. The lowest BCUT2D eigenvalue weighted by molar-refractivity contribution is -0.134. The Bertz CT molecular complexity index is 219. The Kier molecular flexibility index (Phi) is 3.45. The summed E-state index contributed by atoms with van der Waals surface area (Å²) in [5, 5.41) is 0. The summed E-state index contributed by atoms with van der Waals surface area (Å²) in [6, 6.07) is 0. The number of hydrogen-bond acceptors (Lipinski definition) is 2. The van der Waals surface area contributed by atoms with E-state index in [-0.39, 0.29) is 5.60 Å². The van der Waals surface area contributed by atoms with E-state index in [2.05, 4.69) is 0 Å². The van der Waals surface area contributed by atoms with Gasteiger partial charge >= 0.3 is 0 Å². The van der Waals surface area contributed by atoms with Crippen LogP contribution in [0, 0.1) is 5.92 Å². The summed E-state index contributed by atoms with van der Waals surface area (Å²) in [4.78, 5) is 11.3. The van der Waals surface area contributed by atoms with Crippen molar-refractivity contribution in [1.82, 2.24) is 0 Å². The van der Waals surface area contributed by atoms with Gasteiger partial charge in [-0.25, -0.2) is 0 Å². The molecule has 0 atom stereocenters. The molecule has 0 spiro atoms. The standard InChI is InChI=1S/C13H22O2/c1-15-13(9-7-12(14)8-10-13)11-5-3-2-4-6-11/h11H,2-10H2,1H3. The minimum absolute atomic E-state index is 0.0499. The molecule has 0 unspecified atom stereocenters. The van der Waals surface area contributed by atoms with Crippen LogP contribution in [0.15, 0.2) is 0 Å². The number of rotatable bonds is 2. The number of carbonyl (C=O) groups is 1. The van der Waals surface area contributed by atoms with Gasteiger partial charge in [-0.2, -0.15) is 0 Å². The third-order valence-corrected chi connectivity index (χ3v) is 4.41. The molecule has 15 heavy (non-hydrogen) atoms. The molecule has 2 heteroatoms. The average molecular weight is 210 g/mol. The van der Waals surface area contributed by atoms with Crippen LogP contribution in [0.5, 0.6) is 0 Å². The lowest BCUT2D eigenvalue weighted by Gasteiger charge is -2.43. The number of methoxy groups -OCH3 is 1. The van der Waals surface area contributed by atoms with Gasteiger partial charge in [0.1, 0.15) is 5.78 Å². The van der Waals surface area contributed by atoms with Gasteiger partial charge in [0.25, 0.3) is 0 Å². The summed E-state index contributed by atoms with van der Waals surface area (Å²) >= 11 is 0. The number of ketones is 1. The van der Waals surface area contributed by atoms with Gasteiger partial charge in [-0.05, 0) is 31.6 Å². The second kappa shape index (κ2) is 4.65. The minimum Gasteiger partial charge on any atom is -0.378 e. The smallest absolute Gasteiger partial charge is 0.133 e. The molecule has 0 aromatic heterocycles. The molecule has 2 fully saturated rings. The average Bonchev–Trinajstić information content (AvgIpc) is 2.32. The molecule has 2 saturated carbocycles. The third-order valence-electron chi connectivity index (χ3n) is 4.41. The molecule has 0 saturated heterocycles. The van der Waals surface area contributed by atoms with Gasteiger partial charge in [0.05, 0.1) is 5.60 Å². The quantitative estimate of drug-likeness (QED) is 0.700. The zero-order chi connectivity index (χ0) is 10.7. The van der Waals surface area contributed by atoms with Crippen LogP contribution < -0.4 is 0 Å². The zero-order valence-electron chi connectivity index (χ0n) is 9.76. The van der Waals surface area contributed by atoms with Crippen molar-refractivity contribution in [1.29, 1.82) is 0 Å². The van der Waals surface area contributed by atoms with E-state index < -0.39 is 0 Å². The summed E-state index contributed by atoms with van der Waals surface area (Å²) in [6.07, 6.45) is 10.1. The van der Waals surface area contributed by atoms with E-state index in [0.29, 0.717) is 11.7 Å². The van der Waals surface area contributed by atoms with Gasteiger partial charge in [-0.3, -0.25) is 4.79 Å².